The Bertz CT molecular complexity index is 979. The standard InChI is InChI=1S/C26H34FNO5.Na.H2O/c1-15(2)25-21(11-10-19(29)12-20(30)13-23(31)32)24(17-6-8-18(27)9-7-17)22(14-33-5)26(28-25)16(3)4;;/h6-11,15-16,19-20,29-30H,12-14H2,1-5H3,(H,31,32);;1H2/q;+1;/p-1/b11-10+;;/t19-,20-;;/m1../s1. The van der Waals surface area contributed by atoms with Crippen molar-refractivity contribution in [1.82, 2.24) is 4.98 Å². The average Bonchev–Trinajstić information content (AvgIpc) is 2.72. The Morgan fingerprint density at radius 2 is 1.69 bits per heavy atom. The summed E-state index contributed by atoms with van der Waals surface area (Å²) in [5.74, 6) is -1.55. The van der Waals surface area contributed by atoms with Crippen LogP contribution >= 0.6 is 0 Å². The molecule has 0 unspecified atom stereocenters. The van der Waals surface area contributed by atoms with Crippen molar-refractivity contribution in [2.24, 2.45) is 0 Å². The van der Waals surface area contributed by atoms with Crippen LogP contribution in [0.25, 0.3) is 17.2 Å². The van der Waals surface area contributed by atoms with Gasteiger partial charge in [0.2, 0.25) is 0 Å². The third kappa shape index (κ3) is 9.38. The maximum Gasteiger partial charge on any atom is 1.00 e. The van der Waals surface area contributed by atoms with Gasteiger partial charge in [0.15, 0.2) is 0 Å². The Morgan fingerprint density at radius 3 is 2.17 bits per heavy atom. The zero-order chi connectivity index (χ0) is 24.7. The van der Waals surface area contributed by atoms with Crippen LogP contribution < -0.4 is 34.7 Å². The number of carboxylic acid groups (broad SMARTS) is 1. The first-order valence-electron chi connectivity index (χ1n) is 11.1. The second-order valence-corrected chi connectivity index (χ2v) is 8.79. The van der Waals surface area contributed by atoms with Crippen molar-refractivity contribution in [3.8, 4) is 11.1 Å². The van der Waals surface area contributed by atoms with Crippen molar-refractivity contribution < 1.29 is 64.3 Å². The van der Waals surface area contributed by atoms with E-state index >= 15 is 0 Å². The van der Waals surface area contributed by atoms with Crippen molar-refractivity contribution in [3.05, 3.63) is 58.7 Å². The van der Waals surface area contributed by atoms with Crippen LogP contribution in [0, 0.1) is 5.82 Å². The molecule has 9 heteroatoms. The zero-order valence-corrected chi connectivity index (χ0v) is 23.3. The Morgan fingerprint density at radius 1 is 1.11 bits per heavy atom. The molecule has 0 saturated heterocycles. The molecule has 1 aromatic heterocycles. The van der Waals surface area contributed by atoms with Crippen molar-refractivity contribution in [2.75, 3.05) is 7.11 Å². The van der Waals surface area contributed by atoms with Crippen LogP contribution in [0.15, 0.2) is 30.3 Å². The first-order valence-corrected chi connectivity index (χ1v) is 11.1. The molecule has 1 aromatic carbocycles. The molecule has 0 aliphatic carbocycles. The number of aromatic nitrogens is 1. The fraction of sp³-hybridized carbons (Fsp3) is 0.462. The van der Waals surface area contributed by atoms with Gasteiger partial charge in [-0.05, 0) is 35.1 Å². The van der Waals surface area contributed by atoms with Gasteiger partial charge < -0.3 is 30.3 Å². The minimum Gasteiger partial charge on any atom is -0.550 e. The Labute approximate surface area is 228 Å². The zero-order valence-electron chi connectivity index (χ0n) is 21.3. The molecule has 0 aliphatic rings. The molecule has 0 fully saturated rings. The molecule has 7 nitrogen and oxygen atoms in total. The number of carbonyl (C=O) groups excluding carboxylic acids is 1. The summed E-state index contributed by atoms with van der Waals surface area (Å²) in [5, 5.41) is 30.9. The van der Waals surface area contributed by atoms with Gasteiger partial charge in [-0.3, -0.25) is 4.98 Å². The van der Waals surface area contributed by atoms with Gasteiger partial charge >= 0.3 is 29.6 Å². The summed E-state index contributed by atoms with van der Waals surface area (Å²) < 4.78 is 19.2. The van der Waals surface area contributed by atoms with Gasteiger partial charge in [0.1, 0.15) is 5.82 Å². The Hall–Kier alpha value is -1.65. The number of aliphatic hydroxyl groups excluding tert-OH is 2. The SMILES string of the molecule is COCc1c(C(C)C)nc(C(C)C)c(/C=C/[C@@H](O)C[C@@H](O)CC(=O)[O-])c1-c1ccc(F)cc1.O.[Na+]. The minimum absolute atomic E-state index is 0. The predicted octanol–water partition coefficient (Wildman–Crippen LogP) is -0.275. The van der Waals surface area contributed by atoms with E-state index in [1.54, 1.807) is 25.3 Å². The number of carboxylic acids is 1. The van der Waals surface area contributed by atoms with E-state index in [0.29, 0.717) is 6.61 Å². The van der Waals surface area contributed by atoms with E-state index in [0.717, 1.165) is 33.6 Å². The van der Waals surface area contributed by atoms with Gasteiger partial charge in [-0.2, -0.15) is 0 Å². The number of aliphatic carboxylic acids is 1. The smallest absolute Gasteiger partial charge is 0.550 e. The van der Waals surface area contributed by atoms with E-state index in [-0.39, 0.29) is 59.1 Å². The first-order chi connectivity index (χ1) is 15.5. The molecule has 188 valence electrons. The Balaban J connectivity index is 0.00000578. The minimum atomic E-state index is -1.38. The number of rotatable bonds is 11. The molecule has 1 heterocycles. The number of hydrogen-bond acceptors (Lipinski definition) is 6. The van der Waals surface area contributed by atoms with Gasteiger partial charge in [0, 0.05) is 42.7 Å². The average molecular weight is 500 g/mol. The second-order valence-electron chi connectivity index (χ2n) is 8.79. The van der Waals surface area contributed by atoms with Gasteiger partial charge in [0.05, 0.1) is 24.5 Å². The molecule has 2 rings (SSSR count). The summed E-state index contributed by atoms with van der Waals surface area (Å²) >= 11 is 0. The summed E-state index contributed by atoms with van der Waals surface area (Å²) in [6, 6.07) is 6.20. The van der Waals surface area contributed by atoms with Crippen LogP contribution in [0.1, 0.15) is 74.9 Å². The van der Waals surface area contributed by atoms with Crippen LogP contribution in [0.4, 0.5) is 4.39 Å². The van der Waals surface area contributed by atoms with Crippen molar-refractivity contribution in [3.63, 3.8) is 0 Å². The number of methoxy groups -OCH3 is 1. The number of halogens is 1. The largest absolute Gasteiger partial charge is 1.00 e. The maximum absolute atomic E-state index is 13.7. The van der Waals surface area contributed by atoms with Gasteiger partial charge in [-0.15, -0.1) is 0 Å². The van der Waals surface area contributed by atoms with Crippen LogP contribution in [0.5, 0.6) is 0 Å². The maximum atomic E-state index is 13.7. The first kappa shape index (κ1) is 33.4. The van der Waals surface area contributed by atoms with E-state index < -0.39 is 24.6 Å². The quantitative estimate of drug-likeness (QED) is 0.409. The van der Waals surface area contributed by atoms with E-state index in [1.807, 2.05) is 13.8 Å². The molecule has 0 spiro atoms. The molecule has 2 atom stereocenters. The number of aliphatic hydroxyl groups is 2. The van der Waals surface area contributed by atoms with E-state index in [2.05, 4.69) is 13.8 Å². The normalized spacial score (nSPS) is 13.0. The van der Waals surface area contributed by atoms with Gasteiger partial charge in [-0.1, -0.05) is 52.0 Å². The molecule has 0 aliphatic heterocycles. The summed E-state index contributed by atoms with van der Waals surface area (Å²) in [6.07, 6.45) is 0.264. The van der Waals surface area contributed by atoms with Gasteiger partial charge in [0.25, 0.3) is 0 Å². The fourth-order valence-corrected chi connectivity index (χ4v) is 3.84. The third-order valence-electron chi connectivity index (χ3n) is 5.31. The third-order valence-corrected chi connectivity index (χ3v) is 5.31. The van der Waals surface area contributed by atoms with Crippen LogP contribution in [0.3, 0.4) is 0 Å². The van der Waals surface area contributed by atoms with Crippen molar-refractivity contribution in [2.45, 2.75) is 71.2 Å². The summed E-state index contributed by atoms with van der Waals surface area (Å²) in [6.45, 7) is 8.46. The van der Waals surface area contributed by atoms with Crippen molar-refractivity contribution >= 4 is 12.0 Å². The van der Waals surface area contributed by atoms with Crippen LogP contribution in [-0.4, -0.2) is 46.0 Å². The molecule has 4 N–H and O–H groups in total. The predicted molar refractivity (Wildman–Crippen MR) is 127 cm³/mol. The summed E-state index contributed by atoms with van der Waals surface area (Å²) in [4.78, 5) is 15.6. The number of ether oxygens (including phenoxy) is 1. The molecular weight excluding hydrogens is 464 g/mol. The Kier molecular flexibility index (Phi) is 14.7. The number of carbonyl (C=O) groups is 1. The van der Waals surface area contributed by atoms with Crippen LogP contribution in [-0.2, 0) is 16.1 Å². The van der Waals surface area contributed by atoms with Crippen LogP contribution in [0.2, 0.25) is 0 Å². The number of nitrogens with zero attached hydrogens (tertiary/aromatic N) is 1. The van der Waals surface area contributed by atoms with Crippen molar-refractivity contribution in [1.29, 1.82) is 0 Å². The van der Waals surface area contributed by atoms with E-state index in [1.165, 1.54) is 18.2 Å². The number of pyridine rings is 1. The molecule has 35 heavy (non-hydrogen) atoms. The molecule has 2 aromatic rings. The van der Waals surface area contributed by atoms with E-state index in [9.17, 15) is 24.5 Å². The monoisotopic (exact) mass is 499 g/mol. The summed E-state index contributed by atoms with van der Waals surface area (Å²) in [5.41, 5.74) is 4.99. The number of hydrogen-bond donors (Lipinski definition) is 2. The molecule has 0 bridgehead atoms. The summed E-state index contributed by atoms with van der Waals surface area (Å²) in [7, 11) is 1.60. The fourth-order valence-electron chi connectivity index (χ4n) is 3.84. The second kappa shape index (κ2) is 15.5. The molecular formula is C26H35FNNaO6. The molecule has 0 amide bonds. The molecule has 0 saturated carbocycles. The van der Waals surface area contributed by atoms with E-state index in [4.69, 9.17) is 9.72 Å². The van der Waals surface area contributed by atoms with Gasteiger partial charge in [-0.25, -0.2) is 4.39 Å². The number of benzene rings is 1. The topological polar surface area (TPSA) is 134 Å². The molecule has 0 radical (unpaired) electrons.